The van der Waals surface area contributed by atoms with E-state index in [9.17, 15) is 14.4 Å². The Bertz CT molecular complexity index is 918. The third-order valence-corrected chi connectivity index (χ3v) is 5.87. The normalized spacial score (nSPS) is 21.5. The van der Waals surface area contributed by atoms with Gasteiger partial charge in [-0.15, -0.1) is 0 Å². The van der Waals surface area contributed by atoms with Crippen molar-refractivity contribution in [3.05, 3.63) is 64.7 Å². The van der Waals surface area contributed by atoms with Gasteiger partial charge in [-0.1, -0.05) is 48.7 Å². The summed E-state index contributed by atoms with van der Waals surface area (Å²) < 4.78 is 5.35. The fourth-order valence-corrected chi connectivity index (χ4v) is 4.22. The third-order valence-electron chi connectivity index (χ3n) is 5.50. The minimum Gasteiger partial charge on any atom is -0.457 e. The molecule has 0 bridgehead atoms. The molecule has 0 radical (unpaired) electrons. The number of hydrogen-bond acceptors (Lipinski definition) is 4. The van der Waals surface area contributed by atoms with Gasteiger partial charge in [0.1, 0.15) is 6.61 Å². The molecule has 4 rings (SSSR count). The summed E-state index contributed by atoms with van der Waals surface area (Å²) in [6.45, 7) is 0.0501. The highest BCUT2D eigenvalue weighted by atomic mass is 35.5. The van der Waals surface area contributed by atoms with Crippen molar-refractivity contribution in [3.8, 4) is 0 Å². The van der Waals surface area contributed by atoms with Crippen LogP contribution in [-0.4, -0.2) is 17.8 Å². The first-order chi connectivity index (χ1) is 13.6. The Morgan fingerprint density at radius 2 is 1.68 bits per heavy atom. The van der Waals surface area contributed by atoms with Crippen LogP contribution in [0.3, 0.4) is 0 Å². The molecule has 6 heteroatoms. The SMILES string of the molecule is O=C(OCc1ccccc1Cl)c1cccc(N2C(=O)[C@H]3CCCC[C@H]3C2=O)c1. The Hall–Kier alpha value is -2.66. The number of benzene rings is 2. The Labute approximate surface area is 168 Å². The lowest BCUT2D eigenvalue weighted by atomic mass is 9.81. The standard InChI is InChI=1S/C22H20ClNO4/c23-19-11-4-1-6-15(19)13-28-22(27)14-7-5-8-16(12-14)24-20(25)17-9-2-3-10-18(17)21(24)26/h1,4-8,11-12,17-18H,2-3,9-10,13H2/t17-,18+. The maximum atomic E-state index is 12.8. The lowest BCUT2D eigenvalue weighted by Crippen LogP contribution is -2.31. The van der Waals surface area contributed by atoms with Gasteiger partial charge >= 0.3 is 5.97 Å². The van der Waals surface area contributed by atoms with Gasteiger partial charge in [-0.05, 0) is 37.1 Å². The van der Waals surface area contributed by atoms with E-state index in [2.05, 4.69) is 0 Å². The average molecular weight is 398 g/mol. The van der Waals surface area contributed by atoms with Crippen molar-refractivity contribution in [3.63, 3.8) is 0 Å². The monoisotopic (exact) mass is 397 g/mol. The molecule has 2 amide bonds. The van der Waals surface area contributed by atoms with E-state index < -0.39 is 5.97 Å². The lowest BCUT2D eigenvalue weighted by molar-refractivity contribution is -0.122. The maximum Gasteiger partial charge on any atom is 0.338 e. The quantitative estimate of drug-likeness (QED) is 0.567. The summed E-state index contributed by atoms with van der Waals surface area (Å²) in [5, 5.41) is 0.528. The summed E-state index contributed by atoms with van der Waals surface area (Å²) in [5.74, 6) is -1.29. The van der Waals surface area contributed by atoms with Gasteiger partial charge in [-0.3, -0.25) is 14.5 Å². The molecule has 28 heavy (non-hydrogen) atoms. The number of fused-ring (bicyclic) bond motifs is 1. The molecule has 0 unspecified atom stereocenters. The van der Waals surface area contributed by atoms with Crippen LogP contribution in [0, 0.1) is 11.8 Å². The van der Waals surface area contributed by atoms with Gasteiger partial charge in [0.2, 0.25) is 11.8 Å². The minimum absolute atomic E-state index is 0.0501. The number of carbonyl (C=O) groups is 3. The molecule has 1 aliphatic carbocycles. The van der Waals surface area contributed by atoms with Crippen LogP contribution >= 0.6 is 11.6 Å². The van der Waals surface area contributed by atoms with Crippen LogP contribution in [-0.2, 0) is 20.9 Å². The van der Waals surface area contributed by atoms with Crippen molar-refractivity contribution in [1.29, 1.82) is 0 Å². The molecule has 2 aromatic rings. The third kappa shape index (κ3) is 3.42. The van der Waals surface area contributed by atoms with E-state index in [1.165, 1.54) is 4.90 Å². The molecular formula is C22H20ClNO4. The summed E-state index contributed by atoms with van der Waals surface area (Å²) in [4.78, 5) is 39.2. The molecule has 0 N–H and O–H groups in total. The largest absolute Gasteiger partial charge is 0.457 e. The van der Waals surface area contributed by atoms with E-state index in [4.69, 9.17) is 16.3 Å². The van der Waals surface area contributed by atoms with E-state index in [1.807, 2.05) is 6.07 Å². The molecule has 2 aromatic carbocycles. The van der Waals surface area contributed by atoms with Crippen LogP contribution in [0.4, 0.5) is 5.69 Å². The number of carbonyl (C=O) groups excluding carboxylic acids is 3. The van der Waals surface area contributed by atoms with Crippen molar-refractivity contribution in [1.82, 2.24) is 0 Å². The minimum atomic E-state index is -0.529. The number of esters is 1. The molecule has 0 spiro atoms. The highest BCUT2D eigenvalue weighted by Crippen LogP contribution is 2.40. The van der Waals surface area contributed by atoms with Crippen molar-refractivity contribution in [2.24, 2.45) is 11.8 Å². The van der Waals surface area contributed by atoms with Crippen LogP contribution < -0.4 is 4.90 Å². The predicted molar refractivity (Wildman–Crippen MR) is 105 cm³/mol. The fraction of sp³-hybridized carbons (Fsp3) is 0.318. The number of rotatable bonds is 4. The predicted octanol–water partition coefficient (Wildman–Crippen LogP) is 4.38. The number of amides is 2. The second-order valence-corrected chi connectivity index (χ2v) is 7.63. The number of halogens is 1. The van der Waals surface area contributed by atoms with Gasteiger partial charge in [0.15, 0.2) is 0 Å². The highest BCUT2D eigenvalue weighted by Gasteiger charge is 2.48. The zero-order valence-corrected chi connectivity index (χ0v) is 16.0. The first kappa shape index (κ1) is 18.7. The van der Waals surface area contributed by atoms with E-state index in [0.717, 1.165) is 25.7 Å². The molecule has 5 nitrogen and oxygen atoms in total. The molecule has 1 saturated heterocycles. The van der Waals surface area contributed by atoms with E-state index in [0.29, 0.717) is 21.8 Å². The van der Waals surface area contributed by atoms with Crippen LogP contribution in [0.1, 0.15) is 41.6 Å². The Kier molecular flexibility index (Phi) is 5.18. The average Bonchev–Trinajstić information content (AvgIpc) is 2.98. The molecule has 1 aliphatic heterocycles. The van der Waals surface area contributed by atoms with Gasteiger partial charge in [0.25, 0.3) is 0 Å². The van der Waals surface area contributed by atoms with Crippen LogP contribution in [0.15, 0.2) is 48.5 Å². The zero-order valence-electron chi connectivity index (χ0n) is 15.3. The molecule has 1 saturated carbocycles. The van der Waals surface area contributed by atoms with Crippen LogP contribution in [0.5, 0.6) is 0 Å². The maximum absolute atomic E-state index is 12.8. The summed E-state index contributed by atoms with van der Waals surface area (Å²) >= 11 is 6.08. The number of anilines is 1. The summed E-state index contributed by atoms with van der Waals surface area (Å²) in [7, 11) is 0. The highest BCUT2D eigenvalue weighted by molar-refractivity contribution is 6.31. The number of ether oxygens (including phenoxy) is 1. The Morgan fingerprint density at radius 3 is 2.36 bits per heavy atom. The molecular weight excluding hydrogens is 378 g/mol. The van der Waals surface area contributed by atoms with Gasteiger partial charge in [-0.2, -0.15) is 0 Å². The van der Waals surface area contributed by atoms with Crippen molar-refractivity contribution >= 4 is 35.1 Å². The lowest BCUT2D eigenvalue weighted by Gasteiger charge is -2.19. The van der Waals surface area contributed by atoms with Crippen LogP contribution in [0.2, 0.25) is 5.02 Å². The topological polar surface area (TPSA) is 63.7 Å². The number of nitrogens with zero attached hydrogens (tertiary/aromatic N) is 1. The van der Waals surface area contributed by atoms with E-state index in [1.54, 1.807) is 42.5 Å². The first-order valence-electron chi connectivity index (χ1n) is 9.44. The molecule has 2 aliphatic rings. The fourth-order valence-electron chi connectivity index (χ4n) is 4.03. The van der Waals surface area contributed by atoms with E-state index >= 15 is 0 Å². The second kappa shape index (κ2) is 7.76. The Morgan fingerprint density at radius 1 is 1.00 bits per heavy atom. The van der Waals surface area contributed by atoms with Crippen molar-refractivity contribution in [2.75, 3.05) is 4.90 Å². The smallest absolute Gasteiger partial charge is 0.338 e. The second-order valence-electron chi connectivity index (χ2n) is 7.23. The van der Waals surface area contributed by atoms with Gasteiger partial charge in [0.05, 0.1) is 23.1 Å². The molecule has 2 fully saturated rings. The number of imide groups is 1. The van der Waals surface area contributed by atoms with Gasteiger partial charge in [-0.25, -0.2) is 4.79 Å². The molecule has 0 aromatic heterocycles. The van der Waals surface area contributed by atoms with Crippen molar-refractivity contribution in [2.45, 2.75) is 32.3 Å². The van der Waals surface area contributed by atoms with E-state index in [-0.39, 0.29) is 30.3 Å². The molecule has 2 atom stereocenters. The van der Waals surface area contributed by atoms with Gasteiger partial charge < -0.3 is 4.74 Å². The van der Waals surface area contributed by atoms with Crippen LogP contribution in [0.25, 0.3) is 0 Å². The Balaban J connectivity index is 1.51. The zero-order chi connectivity index (χ0) is 19.7. The first-order valence-corrected chi connectivity index (χ1v) is 9.82. The van der Waals surface area contributed by atoms with Crippen molar-refractivity contribution < 1.29 is 19.1 Å². The summed E-state index contributed by atoms with van der Waals surface area (Å²) in [6.07, 6.45) is 3.46. The van der Waals surface area contributed by atoms with Gasteiger partial charge in [0, 0.05) is 10.6 Å². The summed E-state index contributed by atoms with van der Waals surface area (Å²) in [5.41, 5.74) is 1.43. The molecule has 1 heterocycles. The summed E-state index contributed by atoms with van der Waals surface area (Å²) in [6, 6.07) is 13.6. The number of hydrogen-bond donors (Lipinski definition) is 0. The molecule has 144 valence electrons.